The number of aromatic nitrogens is 1. The van der Waals surface area contributed by atoms with Crippen LogP contribution in [0.15, 0.2) is 41.0 Å². The third kappa shape index (κ3) is 2.91. The van der Waals surface area contributed by atoms with E-state index >= 15 is 0 Å². The lowest BCUT2D eigenvalue weighted by Crippen LogP contribution is -1.96. The Morgan fingerprint density at radius 1 is 1.25 bits per heavy atom. The average molecular weight is 393 g/mol. The Balaban J connectivity index is 2.27. The second-order valence-electron chi connectivity index (χ2n) is 3.09. The summed E-state index contributed by atoms with van der Waals surface area (Å²) in [6.45, 7) is 0. The van der Waals surface area contributed by atoms with Crippen molar-refractivity contribution in [2.75, 3.05) is 5.32 Å². The predicted molar refractivity (Wildman–Crippen MR) is 74.3 cm³/mol. The maximum atomic E-state index is 12.9. The summed E-state index contributed by atoms with van der Waals surface area (Å²) in [5.74, 6) is 0.482. The molecule has 0 saturated carbocycles. The summed E-state index contributed by atoms with van der Waals surface area (Å²) in [6.07, 6.45) is 0. The van der Waals surface area contributed by atoms with Gasteiger partial charge in [0.1, 0.15) is 16.2 Å². The molecule has 1 aromatic heterocycles. The zero-order chi connectivity index (χ0) is 11.5. The van der Waals surface area contributed by atoms with Crippen molar-refractivity contribution in [2.45, 2.75) is 0 Å². The molecule has 0 aliphatic heterocycles. The molecule has 0 bridgehead atoms. The minimum absolute atomic E-state index is 0.239. The molecular formula is C11H7BrFIN2. The van der Waals surface area contributed by atoms with Gasteiger partial charge in [0, 0.05) is 3.57 Å². The normalized spacial score (nSPS) is 10.2. The van der Waals surface area contributed by atoms with E-state index in [0.29, 0.717) is 0 Å². The van der Waals surface area contributed by atoms with Crippen LogP contribution < -0.4 is 5.32 Å². The standard InChI is InChI=1S/C11H7BrFIN2/c12-10-2-1-3-11(16-10)15-9-5-4-7(13)6-8(9)14/h1-6H,(H,15,16). The average Bonchev–Trinajstić information content (AvgIpc) is 2.22. The number of anilines is 2. The molecule has 0 spiro atoms. The molecule has 2 aromatic rings. The molecule has 1 N–H and O–H groups in total. The summed E-state index contributed by atoms with van der Waals surface area (Å²) < 4.78 is 14.5. The van der Waals surface area contributed by atoms with Crippen molar-refractivity contribution < 1.29 is 4.39 Å². The molecule has 1 heterocycles. The van der Waals surface area contributed by atoms with Crippen LogP contribution in [0.2, 0.25) is 0 Å². The molecule has 0 radical (unpaired) electrons. The van der Waals surface area contributed by atoms with Gasteiger partial charge in [0.25, 0.3) is 0 Å². The maximum Gasteiger partial charge on any atom is 0.131 e. The molecule has 5 heteroatoms. The fourth-order valence-corrected chi connectivity index (χ4v) is 2.16. The second-order valence-corrected chi connectivity index (χ2v) is 5.07. The van der Waals surface area contributed by atoms with Gasteiger partial charge in [0.05, 0.1) is 5.69 Å². The lowest BCUT2D eigenvalue weighted by atomic mass is 10.3. The van der Waals surface area contributed by atoms with E-state index in [0.717, 1.165) is 19.7 Å². The second kappa shape index (κ2) is 5.09. The quantitative estimate of drug-likeness (QED) is 0.607. The Kier molecular flexibility index (Phi) is 3.75. The summed E-state index contributed by atoms with van der Waals surface area (Å²) in [6, 6.07) is 10.2. The van der Waals surface area contributed by atoms with Crippen LogP contribution >= 0.6 is 38.5 Å². The third-order valence-electron chi connectivity index (χ3n) is 1.91. The van der Waals surface area contributed by atoms with Crippen LogP contribution in [0.5, 0.6) is 0 Å². The predicted octanol–water partition coefficient (Wildman–Crippen LogP) is 4.33. The Bertz CT molecular complexity index is 519. The van der Waals surface area contributed by atoms with Gasteiger partial charge in [-0.1, -0.05) is 6.07 Å². The van der Waals surface area contributed by atoms with E-state index in [4.69, 9.17) is 0 Å². The molecule has 16 heavy (non-hydrogen) atoms. The van der Waals surface area contributed by atoms with E-state index in [1.807, 2.05) is 18.2 Å². The van der Waals surface area contributed by atoms with Crippen molar-refractivity contribution in [2.24, 2.45) is 0 Å². The highest BCUT2D eigenvalue weighted by Crippen LogP contribution is 2.23. The van der Waals surface area contributed by atoms with Crippen LogP contribution in [0.1, 0.15) is 0 Å². The smallest absolute Gasteiger partial charge is 0.131 e. The van der Waals surface area contributed by atoms with Gasteiger partial charge >= 0.3 is 0 Å². The van der Waals surface area contributed by atoms with E-state index in [2.05, 4.69) is 48.8 Å². The molecule has 0 fully saturated rings. The number of halogens is 3. The van der Waals surface area contributed by atoms with Crippen LogP contribution in [0.25, 0.3) is 0 Å². The van der Waals surface area contributed by atoms with Crippen molar-refractivity contribution >= 4 is 50.0 Å². The summed E-state index contributed by atoms with van der Waals surface area (Å²) in [5.41, 5.74) is 0.840. The van der Waals surface area contributed by atoms with Crippen molar-refractivity contribution in [1.82, 2.24) is 4.98 Å². The number of pyridine rings is 1. The van der Waals surface area contributed by atoms with Crippen molar-refractivity contribution in [3.8, 4) is 0 Å². The number of benzene rings is 1. The largest absolute Gasteiger partial charge is 0.339 e. The molecular weight excluding hydrogens is 386 g/mol. The molecule has 0 saturated heterocycles. The fraction of sp³-hybridized carbons (Fsp3) is 0. The number of rotatable bonds is 2. The zero-order valence-electron chi connectivity index (χ0n) is 8.05. The first kappa shape index (κ1) is 11.8. The van der Waals surface area contributed by atoms with E-state index in [9.17, 15) is 4.39 Å². The number of hydrogen-bond acceptors (Lipinski definition) is 2. The maximum absolute atomic E-state index is 12.9. The summed E-state index contributed by atoms with van der Waals surface area (Å²) in [5, 5.41) is 3.12. The summed E-state index contributed by atoms with van der Waals surface area (Å²) in [4.78, 5) is 4.24. The minimum Gasteiger partial charge on any atom is -0.339 e. The van der Waals surface area contributed by atoms with Crippen LogP contribution in [-0.4, -0.2) is 4.98 Å². The highest BCUT2D eigenvalue weighted by atomic mass is 127. The van der Waals surface area contributed by atoms with Crippen LogP contribution in [0, 0.1) is 9.39 Å². The molecule has 0 unspecified atom stereocenters. The van der Waals surface area contributed by atoms with Gasteiger partial charge in [-0.3, -0.25) is 0 Å². The first-order valence-electron chi connectivity index (χ1n) is 4.50. The first-order valence-corrected chi connectivity index (χ1v) is 6.37. The van der Waals surface area contributed by atoms with Crippen molar-refractivity contribution in [3.05, 3.63) is 50.4 Å². The minimum atomic E-state index is -0.239. The Hall–Kier alpha value is -0.690. The van der Waals surface area contributed by atoms with Gasteiger partial charge in [-0.25, -0.2) is 9.37 Å². The monoisotopic (exact) mass is 392 g/mol. The van der Waals surface area contributed by atoms with E-state index in [1.165, 1.54) is 12.1 Å². The van der Waals surface area contributed by atoms with E-state index in [-0.39, 0.29) is 5.82 Å². The molecule has 0 aliphatic carbocycles. The zero-order valence-corrected chi connectivity index (χ0v) is 11.8. The number of nitrogens with zero attached hydrogens (tertiary/aromatic N) is 1. The van der Waals surface area contributed by atoms with Gasteiger partial charge in [0.2, 0.25) is 0 Å². The Labute approximate surface area is 115 Å². The molecule has 2 rings (SSSR count). The highest BCUT2D eigenvalue weighted by molar-refractivity contribution is 14.1. The van der Waals surface area contributed by atoms with Crippen LogP contribution in [0.4, 0.5) is 15.9 Å². The molecule has 0 aliphatic rings. The van der Waals surface area contributed by atoms with Gasteiger partial charge in [-0.15, -0.1) is 0 Å². The Morgan fingerprint density at radius 3 is 2.75 bits per heavy atom. The van der Waals surface area contributed by atoms with Gasteiger partial charge < -0.3 is 5.32 Å². The van der Waals surface area contributed by atoms with Crippen molar-refractivity contribution in [3.63, 3.8) is 0 Å². The van der Waals surface area contributed by atoms with Crippen molar-refractivity contribution in [1.29, 1.82) is 0 Å². The fourth-order valence-electron chi connectivity index (χ4n) is 1.21. The molecule has 0 amide bonds. The topological polar surface area (TPSA) is 24.9 Å². The summed E-state index contributed by atoms with van der Waals surface area (Å²) in [7, 11) is 0. The van der Waals surface area contributed by atoms with Crippen LogP contribution in [-0.2, 0) is 0 Å². The van der Waals surface area contributed by atoms with E-state index in [1.54, 1.807) is 6.07 Å². The number of hydrogen-bond donors (Lipinski definition) is 1. The molecule has 0 atom stereocenters. The molecule has 82 valence electrons. The van der Waals surface area contributed by atoms with Gasteiger partial charge in [0.15, 0.2) is 0 Å². The first-order chi connectivity index (χ1) is 7.65. The van der Waals surface area contributed by atoms with Gasteiger partial charge in [-0.2, -0.15) is 0 Å². The number of nitrogens with one attached hydrogen (secondary N) is 1. The molecule has 1 aromatic carbocycles. The third-order valence-corrected chi connectivity index (χ3v) is 3.24. The molecule has 2 nitrogen and oxygen atoms in total. The summed E-state index contributed by atoms with van der Waals surface area (Å²) >= 11 is 5.37. The lowest BCUT2D eigenvalue weighted by molar-refractivity contribution is 0.627. The lowest BCUT2D eigenvalue weighted by Gasteiger charge is -2.07. The van der Waals surface area contributed by atoms with Crippen LogP contribution in [0.3, 0.4) is 0 Å². The highest BCUT2D eigenvalue weighted by Gasteiger charge is 2.02. The Morgan fingerprint density at radius 2 is 2.06 bits per heavy atom. The SMILES string of the molecule is Fc1ccc(Nc2cccc(Br)n2)c(I)c1. The van der Waals surface area contributed by atoms with E-state index < -0.39 is 0 Å². The van der Waals surface area contributed by atoms with Gasteiger partial charge in [-0.05, 0) is 68.9 Å².